The van der Waals surface area contributed by atoms with Crippen molar-refractivity contribution in [2.75, 3.05) is 59.0 Å². The van der Waals surface area contributed by atoms with Crippen molar-refractivity contribution in [3.63, 3.8) is 0 Å². The number of allylic oxidation sites excluding steroid dienone is 1. The Morgan fingerprint density at radius 3 is 2.22 bits per heavy atom. The quantitative estimate of drug-likeness (QED) is 0.194. The van der Waals surface area contributed by atoms with Gasteiger partial charge in [0.05, 0.1) is 23.8 Å². The fraction of sp³-hybridized carbons (Fsp3) is 0.481. The van der Waals surface area contributed by atoms with Crippen molar-refractivity contribution in [1.82, 2.24) is 9.80 Å². The summed E-state index contributed by atoms with van der Waals surface area (Å²) in [4.78, 5) is 56.3. The number of amides is 2. The van der Waals surface area contributed by atoms with Crippen molar-refractivity contribution in [2.45, 2.75) is 24.5 Å². The molecule has 1 aromatic rings. The van der Waals surface area contributed by atoms with Crippen LogP contribution in [0.1, 0.15) is 22.3 Å². The summed E-state index contributed by atoms with van der Waals surface area (Å²) < 4.78 is 15.8. The number of carbonyl (C=O) groups is 4. The zero-order valence-electron chi connectivity index (χ0n) is 23.6. The Morgan fingerprint density at radius 2 is 1.71 bits per heavy atom. The van der Waals surface area contributed by atoms with Gasteiger partial charge in [0.25, 0.3) is 5.91 Å². The van der Waals surface area contributed by atoms with Crippen LogP contribution in [-0.2, 0) is 20.8 Å². The number of ketones is 2. The maximum Gasteiger partial charge on any atom is 0.255 e. The van der Waals surface area contributed by atoms with Gasteiger partial charge in [0.15, 0.2) is 23.0 Å². The van der Waals surface area contributed by atoms with Gasteiger partial charge < -0.3 is 41.3 Å². The lowest BCUT2D eigenvalue weighted by atomic mass is 9.58. The molecule has 3 aliphatic carbocycles. The molecule has 3 aliphatic rings. The van der Waals surface area contributed by atoms with Crippen molar-refractivity contribution in [1.29, 1.82) is 0 Å². The molecule has 7 N–H and O–H groups in total. The van der Waals surface area contributed by atoms with Gasteiger partial charge in [-0.3, -0.25) is 24.1 Å². The number of halogens is 1. The third-order valence-electron chi connectivity index (χ3n) is 7.98. The van der Waals surface area contributed by atoms with E-state index >= 15 is 4.39 Å². The number of aliphatic hydroxyl groups excluding tert-OH is 2. The van der Waals surface area contributed by atoms with Gasteiger partial charge in [-0.05, 0) is 52.5 Å². The number of phenolic OH excluding ortho intramolecular Hbond substituents is 1. The van der Waals surface area contributed by atoms with Crippen molar-refractivity contribution in [3.05, 3.63) is 39.6 Å². The number of phenols is 1. The summed E-state index contributed by atoms with van der Waals surface area (Å²) in [6.45, 7) is -0.151. The fourth-order valence-corrected chi connectivity index (χ4v) is 6.38. The van der Waals surface area contributed by atoms with Crippen LogP contribution in [0.25, 0.3) is 0 Å². The van der Waals surface area contributed by atoms with Crippen LogP contribution >= 0.6 is 0 Å². The second-order valence-corrected chi connectivity index (χ2v) is 11.4. The van der Waals surface area contributed by atoms with Gasteiger partial charge in [-0.1, -0.05) is 0 Å². The summed E-state index contributed by atoms with van der Waals surface area (Å²) in [6.07, 6.45) is -0.235. The number of fused-ring (bicyclic) bond motifs is 3. The molecule has 2 unspecified atom stereocenters. The first-order valence-corrected chi connectivity index (χ1v) is 12.8. The van der Waals surface area contributed by atoms with Crippen LogP contribution in [0.3, 0.4) is 0 Å². The van der Waals surface area contributed by atoms with Gasteiger partial charge >= 0.3 is 0 Å². The molecule has 222 valence electrons. The van der Waals surface area contributed by atoms with E-state index in [0.29, 0.717) is 0 Å². The first-order valence-electron chi connectivity index (χ1n) is 12.8. The minimum Gasteiger partial charge on any atom is -0.510 e. The van der Waals surface area contributed by atoms with Crippen molar-refractivity contribution >= 4 is 34.8 Å². The third-order valence-corrected chi connectivity index (χ3v) is 7.98. The topological polar surface area (TPSA) is 197 Å². The molecule has 0 radical (unpaired) electrons. The largest absolute Gasteiger partial charge is 0.510 e. The van der Waals surface area contributed by atoms with E-state index in [0.717, 1.165) is 0 Å². The second-order valence-electron chi connectivity index (χ2n) is 11.4. The van der Waals surface area contributed by atoms with E-state index in [1.54, 1.807) is 14.1 Å². The van der Waals surface area contributed by atoms with Gasteiger partial charge in [-0.15, -0.1) is 0 Å². The van der Waals surface area contributed by atoms with Crippen LogP contribution in [0, 0.1) is 17.7 Å². The van der Waals surface area contributed by atoms with Crippen LogP contribution < -0.4 is 16.0 Å². The molecule has 0 spiro atoms. The Kier molecular flexibility index (Phi) is 7.39. The first kappa shape index (κ1) is 30.0. The minimum absolute atomic E-state index is 0.0756. The van der Waals surface area contributed by atoms with E-state index in [9.17, 15) is 39.6 Å². The predicted molar refractivity (Wildman–Crippen MR) is 145 cm³/mol. The molecule has 0 aliphatic heterocycles. The van der Waals surface area contributed by atoms with Crippen LogP contribution in [0.5, 0.6) is 5.75 Å². The summed E-state index contributed by atoms with van der Waals surface area (Å²) >= 11 is 0. The Hall–Kier alpha value is -4.01. The van der Waals surface area contributed by atoms with E-state index < -0.39 is 92.3 Å². The zero-order chi connectivity index (χ0) is 30.9. The molecule has 0 bridgehead atoms. The summed E-state index contributed by atoms with van der Waals surface area (Å²) in [5, 5.41) is 47.4. The number of aromatic hydroxyl groups is 1. The number of nitrogens with one attached hydrogen (secondary N) is 1. The molecule has 4 atom stereocenters. The highest BCUT2D eigenvalue weighted by Crippen LogP contribution is 2.54. The molecule has 0 aromatic heterocycles. The van der Waals surface area contributed by atoms with Gasteiger partial charge in [-0.2, -0.15) is 0 Å². The number of aliphatic hydroxyl groups is 3. The fourth-order valence-electron chi connectivity index (χ4n) is 6.38. The number of rotatable bonds is 6. The number of nitrogens with two attached hydrogens (primary N) is 1. The van der Waals surface area contributed by atoms with Crippen LogP contribution in [-0.4, -0.2) is 114 Å². The molecule has 13 nitrogen and oxygen atoms in total. The van der Waals surface area contributed by atoms with Gasteiger partial charge in [0.2, 0.25) is 11.7 Å². The van der Waals surface area contributed by atoms with Gasteiger partial charge in [0, 0.05) is 25.6 Å². The number of benzene rings is 1. The highest BCUT2D eigenvalue weighted by Gasteiger charge is 2.63. The molecule has 1 aromatic carbocycles. The maximum atomic E-state index is 15.8. The van der Waals surface area contributed by atoms with Crippen molar-refractivity contribution in [2.24, 2.45) is 17.6 Å². The number of anilines is 2. The Bertz CT molecular complexity index is 1450. The second kappa shape index (κ2) is 10.1. The molecule has 0 saturated carbocycles. The molecule has 41 heavy (non-hydrogen) atoms. The summed E-state index contributed by atoms with van der Waals surface area (Å²) in [5.74, 6) is -9.98. The Morgan fingerprint density at radius 1 is 1.10 bits per heavy atom. The minimum atomic E-state index is -2.80. The number of primary amides is 1. The lowest BCUT2D eigenvalue weighted by Crippen LogP contribution is -2.63. The van der Waals surface area contributed by atoms with E-state index in [2.05, 4.69) is 5.32 Å². The lowest BCUT2D eigenvalue weighted by Gasteiger charge is -2.50. The molecule has 0 fully saturated rings. The lowest BCUT2D eigenvalue weighted by molar-refractivity contribution is -0.148. The molecule has 0 heterocycles. The SMILES string of the molecule is CN(C)CC(=O)Nc1c(O)c2c(c(N(C)C)c1F)CC1CC3[C@H](N(C)C)C(O)=C(C(N)=O)C(=O)[C@@]3(O)C(O)=C1C2=O. The summed E-state index contributed by atoms with van der Waals surface area (Å²) in [7, 11) is 9.31. The smallest absolute Gasteiger partial charge is 0.255 e. The van der Waals surface area contributed by atoms with E-state index in [1.165, 1.54) is 42.9 Å². The molecule has 14 heteroatoms. The number of Topliss-reactive ketones (excluding diaryl/α,β-unsaturated/α-hetero) is 2. The molecule has 2 amide bonds. The summed E-state index contributed by atoms with van der Waals surface area (Å²) in [6, 6.07) is -1.15. The average molecular weight is 576 g/mol. The van der Waals surface area contributed by atoms with Gasteiger partial charge in [-0.25, -0.2) is 4.39 Å². The van der Waals surface area contributed by atoms with Gasteiger partial charge in [0.1, 0.15) is 22.8 Å². The van der Waals surface area contributed by atoms with Crippen LogP contribution in [0.15, 0.2) is 22.7 Å². The van der Waals surface area contributed by atoms with Crippen LogP contribution in [0.4, 0.5) is 15.8 Å². The molecular weight excluding hydrogens is 541 g/mol. The first-order chi connectivity index (χ1) is 19.0. The van der Waals surface area contributed by atoms with Crippen LogP contribution in [0.2, 0.25) is 0 Å². The monoisotopic (exact) mass is 575 g/mol. The number of likely N-dealkylation sites (N-methyl/N-ethyl adjacent to an activating group) is 2. The third kappa shape index (κ3) is 4.33. The van der Waals surface area contributed by atoms with Crippen molar-refractivity contribution < 1.29 is 44.0 Å². The van der Waals surface area contributed by atoms with Crippen molar-refractivity contribution in [3.8, 4) is 5.75 Å². The average Bonchev–Trinajstić information content (AvgIpc) is 2.82. The molecule has 0 saturated heterocycles. The van der Waals surface area contributed by atoms with E-state index in [4.69, 9.17) is 5.73 Å². The number of hydrogen-bond acceptors (Lipinski definition) is 11. The molecule has 4 rings (SSSR count). The number of carbonyl (C=O) groups excluding carboxylic acids is 4. The normalized spacial score (nSPS) is 25.8. The van der Waals surface area contributed by atoms with E-state index in [1.807, 2.05) is 0 Å². The maximum absolute atomic E-state index is 15.8. The Balaban J connectivity index is 1.97. The summed E-state index contributed by atoms with van der Waals surface area (Å²) in [5.41, 5.74) is 0.232. The predicted octanol–water partition coefficient (Wildman–Crippen LogP) is -0.174. The van der Waals surface area contributed by atoms with E-state index in [-0.39, 0.29) is 30.6 Å². The Labute approximate surface area is 235 Å². The molecular formula is C27H34FN5O8. The number of hydrogen-bond donors (Lipinski definition) is 6. The zero-order valence-corrected chi connectivity index (χ0v) is 23.6. The highest BCUT2D eigenvalue weighted by molar-refractivity contribution is 6.25. The standard InChI is InChI=1S/C27H34FN5O8/c1-31(2)9-13(34)30-18-17(28)19(32(3)4)11-7-10-8-12-20(33(5)6)23(37)16(26(29)40)25(39)27(12,41)24(38)14(10)21(35)15(11)22(18)36/h10,12,20,36-38,41H,7-9H2,1-6H3,(H2,29,40)(H,30,34)/t10?,12?,20-,27-/m0/s1. The highest BCUT2D eigenvalue weighted by atomic mass is 19.1. The number of nitrogens with zero attached hydrogens (tertiary/aromatic N) is 3.